The van der Waals surface area contributed by atoms with Crippen LogP contribution >= 0.6 is 15.9 Å². The average Bonchev–Trinajstić information content (AvgIpc) is 2.38. The molecule has 0 aromatic heterocycles. The van der Waals surface area contributed by atoms with E-state index in [-0.39, 0.29) is 15.8 Å². The number of hydrogen-bond donors (Lipinski definition) is 2. The fourth-order valence-electron chi connectivity index (χ4n) is 1.63. The minimum absolute atomic E-state index is 0.0582. The van der Waals surface area contributed by atoms with E-state index in [1.54, 1.807) is 25.1 Å². The van der Waals surface area contributed by atoms with Gasteiger partial charge in [0.25, 0.3) is 5.91 Å². The SMILES string of the molecule is Cc1c(O)cccc1NC(=O)c1cccc(Br)c1F. The molecule has 2 N–H and O–H groups in total. The van der Waals surface area contributed by atoms with E-state index in [0.717, 1.165) is 0 Å². The molecule has 0 aliphatic carbocycles. The third kappa shape index (κ3) is 2.76. The first kappa shape index (κ1) is 13.5. The van der Waals surface area contributed by atoms with Gasteiger partial charge in [-0.05, 0) is 47.1 Å². The Morgan fingerprint density at radius 3 is 2.68 bits per heavy atom. The van der Waals surface area contributed by atoms with Crippen LogP contribution < -0.4 is 5.32 Å². The molecule has 0 fully saturated rings. The summed E-state index contributed by atoms with van der Waals surface area (Å²) in [6, 6.07) is 9.26. The molecule has 5 heteroatoms. The van der Waals surface area contributed by atoms with E-state index in [4.69, 9.17) is 0 Å². The van der Waals surface area contributed by atoms with Gasteiger partial charge in [0.1, 0.15) is 11.6 Å². The number of carbonyl (C=O) groups is 1. The molecule has 98 valence electrons. The normalized spacial score (nSPS) is 10.3. The van der Waals surface area contributed by atoms with E-state index in [0.29, 0.717) is 11.3 Å². The molecule has 0 saturated heterocycles. The Bertz CT molecular complexity index is 643. The average molecular weight is 324 g/mol. The molecule has 2 aromatic rings. The molecule has 0 spiro atoms. The first-order chi connectivity index (χ1) is 9.00. The van der Waals surface area contributed by atoms with Crippen molar-refractivity contribution in [3.63, 3.8) is 0 Å². The second-order valence-electron chi connectivity index (χ2n) is 4.01. The summed E-state index contributed by atoms with van der Waals surface area (Å²) in [5.41, 5.74) is 0.924. The molecular formula is C14H11BrFNO2. The number of nitrogens with one attached hydrogen (secondary N) is 1. The molecule has 0 bridgehead atoms. The van der Waals surface area contributed by atoms with Gasteiger partial charge >= 0.3 is 0 Å². The largest absolute Gasteiger partial charge is 0.508 e. The molecule has 0 aliphatic rings. The maximum atomic E-state index is 13.8. The van der Waals surface area contributed by atoms with Crippen molar-refractivity contribution in [2.24, 2.45) is 0 Å². The molecule has 19 heavy (non-hydrogen) atoms. The van der Waals surface area contributed by atoms with Crippen molar-refractivity contribution in [3.8, 4) is 5.75 Å². The zero-order chi connectivity index (χ0) is 14.0. The highest BCUT2D eigenvalue weighted by molar-refractivity contribution is 9.10. The Labute approximate surface area is 118 Å². The number of carbonyl (C=O) groups excluding carboxylic acids is 1. The third-order valence-corrected chi connectivity index (χ3v) is 3.36. The van der Waals surface area contributed by atoms with Crippen molar-refractivity contribution < 1.29 is 14.3 Å². The molecule has 2 aromatic carbocycles. The van der Waals surface area contributed by atoms with Crippen molar-refractivity contribution in [2.45, 2.75) is 6.92 Å². The summed E-state index contributed by atoms with van der Waals surface area (Å²) < 4.78 is 14.0. The molecule has 3 nitrogen and oxygen atoms in total. The summed E-state index contributed by atoms with van der Waals surface area (Å²) in [6.45, 7) is 1.67. The van der Waals surface area contributed by atoms with Gasteiger partial charge in [-0.1, -0.05) is 12.1 Å². The summed E-state index contributed by atoms with van der Waals surface area (Å²) >= 11 is 3.03. The highest BCUT2D eigenvalue weighted by Gasteiger charge is 2.15. The van der Waals surface area contributed by atoms with Crippen molar-refractivity contribution in [1.29, 1.82) is 0 Å². The molecule has 1 amide bonds. The highest BCUT2D eigenvalue weighted by atomic mass is 79.9. The Kier molecular flexibility index (Phi) is 3.85. The molecule has 0 saturated carbocycles. The number of rotatable bonds is 2. The van der Waals surface area contributed by atoms with Crippen molar-refractivity contribution in [2.75, 3.05) is 5.32 Å². The smallest absolute Gasteiger partial charge is 0.258 e. The van der Waals surface area contributed by atoms with Gasteiger partial charge in [-0.3, -0.25) is 4.79 Å². The predicted molar refractivity (Wildman–Crippen MR) is 74.9 cm³/mol. The molecule has 0 aliphatic heterocycles. The predicted octanol–water partition coefficient (Wildman–Crippen LogP) is 3.85. The number of benzene rings is 2. The summed E-state index contributed by atoms with van der Waals surface area (Å²) in [6.07, 6.45) is 0. The van der Waals surface area contributed by atoms with Crippen molar-refractivity contribution in [3.05, 3.63) is 57.8 Å². The van der Waals surface area contributed by atoms with E-state index in [9.17, 15) is 14.3 Å². The van der Waals surface area contributed by atoms with Gasteiger partial charge in [-0.25, -0.2) is 4.39 Å². The topological polar surface area (TPSA) is 49.3 Å². The van der Waals surface area contributed by atoms with Crippen LogP contribution in [0.3, 0.4) is 0 Å². The Hall–Kier alpha value is -1.88. The molecule has 0 atom stereocenters. The lowest BCUT2D eigenvalue weighted by Crippen LogP contribution is -2.14. The van der Waals surface area contributed by atoms with E-state index in [1.165, 1.54) is 18.2 Å². The number of phenolic OH excluding ortho intramolecular Hbond substituents is 1. The zero-order valence-corrected chi connectivity index (χ0v) is 11.7. The fraction of sp³-hybridized carbons (Fsp3) is 0.0714. The van der Waals surface area contributed by atoms with Gasteiger partial charge in [0.2, 0.25) is 0 Å². The van der Waals surface area contributed by atoms with E-state index < -0.39 is 11.7 Å². The second kappa shape index (κ2) is 5.40. The minimum Gasteiger partial charge on any atom is -0.508 e. The first-order valence-electron chi connectivity index (χ1n) is 5.54. The van der Waals surface area contributed by atoms with Crippen LogP contribution in [0.5, 0.6) is 5.75 Å². The zero-order valence-electron chi connectivity index (χ0n) is 10.1. The first-order valence-corrected chi connectivity index (χ1v) is 6.34. The lowest BCUT2D eigenvalue weighted by molar-refractivity contribution is 0.102. The van der Waals surface area contributed by atoms with Crippen LogP contribution in [0.1, 0.15) is 15.9 Å². The van der Waals surface area contributed by atoms with Gasteiger partial charge in [0.05, 0.1) is 10.0 Å². The third-order valence-electron chi connectivity index (χ3n) is 2.75. The Morgan fingerprint density at radius 1 is 1.26 bits per heavy atom. The lowest BCUT2D eigenvalue weighted by Gasteiger charge is -2.10. The van der Waals surface area contributed by atoms with Gasteiger partial charge in [0.15, 0.2) is 0 Å². The monoisotopic (exact) mass is 323 g/mol. The van der Waals surface area contributed by atoms with Crippen molar-refractivity contribution >= 4 is 27.5 Å². The van der Waals surface area contributed by atoms with Gasteiger partial charge in [-0.2, -0.15) is 0 Å². The summed E-state index contributed by atoms with van der Waals surface area (Å²) in [7, 11) is 0. The lowest BCUT2D eigenvalue weighted by atomic mass is 10.1. The van der Waals surface area contributed by atoms with E-state index >= 15 is 0 Å². The summed E-state index contributed by atoms with van der Waals surface area (Å²) in [5, 5.41) is 12.1. The van der Waals surface area contributed by atoms with Crippen LogP contribution in [-0.2, 0) is 0 Å². The maximum absolute atomic E-state index is 13.8. The Morgan fingerprint density at radius 2 is 1.95 bits per heavy atom. The standard InChI is InChI=1S/C14H11BrFNO2/c1-8-11(6-3-7-12(8)18)17-14(19)9-4-2-5-10(15)13(9)16/h2-7,18H,1H3,(H,17,19). The van der Waals surface area contributed by atoms with E-state index in [1.807, 2.05) is 0 Å². The number of hydrogen-bond acceptors (Lipinski definition) is 2. The quantitative estimate of drug-likeness (QED) is 0.881. The number of aromatic hydroxyl groups is 1. The Balaban J connectivity index is 2.31. The molecule has 0 radical (unpaired) electrons. The maximum Gasteiger partial charge on any atom is 0.258 e. The van der Waals surface area contributed by atoms with Crippen LogP contribution in [0.15, 0.2) is 40.9 Å². The second-order valence-corrected chi connectivity index (χ2v) is 4.86. The van der Waals surface area contributed by atoms with Crippen LogP contribution in [-0.4, -0.2) is 11.0 Å². The molecule has 0 heterocycles. The molecule has 2 rings (SSSR count). The molecule has 0 unspecified atom stereocenters. The number of halogens is 2. The number of phenols is 1. The van der Waals surface area contributed by atoms with Gasteiger partial charge < -0.3 is 10.4 Å². The number of anilines is 1. The van der Waals surface area contributed by atoms with Gasteiger partial charge in [0, 0.05) is 11.3 Å². The van der Waals surface area contributed by atoms with Crippen LogP contribution in [0, 0.1) is 12.7 Å². The summed E-state index contributed by atoms with van der Waals surface area (Å²) in [5.74, 6) is -1.10. The summed E-state index contributed by atoms with van der Waals surface area (Å²) in [4.78, 5) is 12.0. The molecular weight excluding hydrogens is 313 g/mol. The van der Waals surface area contributed by atoms with Crippen LogP contribution in [0.25, 0.3) is 0 Å². The highest BCUT2D eigenvalue weighted by Crippen LogP contribution is 2.25. The van der Waals surface area contributed by atoms with Crippen LogP contribution in [0.4, 0.5) is 10.1 Å². The van der Waals surface area contributed by atoms with Gasteiger partial charge in [-0.15, -0.1) is 0 Å². The van der Waals surface area contributed by atoms with Crippen molar-refractivity contribution in [1.82, 2.24) is 0 Å². The minimum atomic E-state index is -0.613. The number of amides is 1. The fourth-order valence-corrected chi connectivity index (χ4v) is 1.99. The van der Waals surface area contributed by atoms with Crippen LogP contribution in [0.2, 0.25) is 0 Å². The van der Waals surface area contributed by atoms with E-state index in [2.05, 4.69) is 21.2 Å².